The lowest BCUT2D eigenvalue weighted by atomic mass is 9.84. The van der Waals surface area contributed by atoms with Crippen molar-refractivity contribution in [2.45, 2.75) is 0 Å². The lowest BCUT2D eigenvalue weighted by Crippen LogP contribution is -1.92. The Morgan fingerprint density at radius 3 is 1.60 bits per heavy atom. The highest BCUT2D eigenvalue weighted by Gasteiger charge is 2.19. The van der Waals surface area contributed by atoms with E-state index < -0.39 is 0 Å². The van der Waals surface area contributed by atoms with Crippen molar-refractivity contribution in [2.24, 2.45) is 0 Å². The fraction of sp³-hybridized carbons (Fsp3) is 0. The zero-order chi connectivity index (χ0) is 30.9. The maximum atomic E-state index is 2.43. The van der Waals surface area contributed by atoms with Gasteiger partial charge < -0.3 is 0 Å². The normalized spacial score (nSPS) is 11.8. The third kappa shape index (κ3) is 4.14. The molecule has 0 N–H and O–H groups in total. The fourth-order valence-electron chi connectivity index (χ4n) is 7.66. The molecule has 0 saturated heterocycles. The quantitative estimate of drug-likeness (QED) is 0.174. The molecule has 0 unspecified atom stereocenters. The smallest absolute Gasteiger partial charge is 0.0362 e. The van der Waals surface area contributed by atoms with E-state index in [0.717, 1.165) is 0 Å². The second-order valence-electron chi connectivity index (χ2n) is 12.5. The first-order valence-corrected chi connectivity index (χ1v) is 17.0. The van der Waals surface area contributed by atoms with Crippen LogP contribution in [0.3, 0.4) is 0 Å². The molecule has 0 saturated carbocycles. The van der Waals surface area contributed by atoms with Crippen LogP contribution in [0.5, 0.6) is 0 Å². The summed E-state index contributed by atoms with van der Waals surface area (Å²) in [5, 5.41) is 12.9. The number of hydrogen-bond donors (Lipinski definition) is 0. The van der Waals surface area contributed by atoms with Gasteiger partial charge >= 0.3 is 0 Å². The van der Waals surface area contributed by atoms with E-state index >= 15 is 0 Å². The maximum absolute atomic E-state index is 2.43. The number of hydrogen-bond acceptors (Lipinski definition) is 1. The lowest BCUT2D eigenvalue weighted by Gasteiger charge is -2.19. The molecule has 1 heteroatoms. The van der Waals surface area contributed by atoms with Gasteiger partial charge in [-0.1, -0.05) is 140 Å². The molecule has 0 atom stereocenters. The number of benzene rings is 9. The fourth-order valence-corrected chi connectivity index (χ4v) is 8.78. The second kappa shape index (κ2) is 10.4. The summed E-state index contributed by atoms with van der Waals surface area (Å²) < 4.78 is 2.68. The first kappa shape index (κ1) is 26.5. The highest BCUT2D eigenvalue weighted by Crippen LogP contribution is 2.47. The van der Waals surface area contributed by atoms with Crippen LogP contribution in [0.25, 0.3) is 96.6 Å². The highest BCUT2D eigenvalue weighted by molar-refractivity contribution is 7.25. The van der Waals surface area contributed by atoms with Crippen molar-refractivity contribution >= 4 is 74.6 Å². The summed E-state index contributed by atoms with van der Waals surface area (Å²) in [5.74, 6) is 0. The van der Waals surface area contributed by atoms with Gasteiger partial charge in [-0.05, 0) is 107 Å². The first-order chi connectivity index (χ1) is 23.3. The summed E-state index contributed by atoms with van der Waals surface area (Å²) >= 11 is 1.89. The Kier molecular flexibility index (Phi) is 5.85. The third-order valence-corrected chi connectivity index (χ3v) is 10.9. The van der Waals surface area contributed by atoms with Crippen molar-refractivity contribution in [3.8, 4) is 33.4 Å². The van der Waals surface area contributed by atoms with Crippen LogP contribution < -0.4 is 0 Å². The molecule has 0 fully saturated rings. The summed E-state index contributed by atoms with van der Waals surface area (Å²) in [6.07, 6.45) is 0. The van der Waals surface area contributed by atoms with Crippen molar-refractivity contribution in [3.63, 3.8) is 0 Å². The standard InChI is InChI=1S/C46H28S/c1-2-11-29(12-3-1)30-21-22-32-26-34(24-23-31(32)25-30)45-36-15-4-6-17-38(36)46(39-18-7-5-16-37(39)45)40-19-10-13-33-27-42-35-14-8-9-20-43(35)47-44(42)28-41(33)40/h1-28H. The van der Waals surface area contributed by atoms with Crippen molar-refractivity contribution in [2.75, 3.05) is 0 Å². The molecule has 218 valence electrons. The van der Waals surface area contributed by atoms with E-state index in [0.29, 0.717) is 0 Å². The average Bonchev–Trinajstić information content (AvgIpc) is 3.50. The largest absolute Gasteiger partial charge is 0.135 e. The molecule has 9 aromatic carbocycles. The highest BCUT2D eigenvalue weighted by atomic mass is 32.1. The third-order valence-electron chi connectivity index (χ3n) is 9.81. The predicted octanol–water partition coefficient (Wildman–Crippen LogP) is 13.7. The van der Waals surface area contributed by atoms with Gasteiger partial charge in [0.1, 0.15) is 0 Å². The molecule has 10 aromatic rings. The van der Waals surface area contributed by atoms with Crippen molar-refractivity contribution in [1.82, 2.24) is 0 Å². The lowest BCUT2D eigenvalue weighted by molar-refractivity contribution is 1.64. The Labute approximate surface area is 276 Å². The van der Waals surface area contributed by atoms with E-state index in [1.165, 1.54) is 96.6 Å². The molecule has 0 aliphatic heterocycles. The Bertz CT molecular complexity index is 2780. The molecule has 0 bridgehead atoms. The van der Waals surface area contributed by atoms with Gasteiger partial charge in [0.15, 0.2) is 0 Å². The Hall–Kier alpha value is -5.76. The minimum Gasteiger partial charge on any atom is -0.135 e. The van der Waals surface area contributed by atoms with Gasteiger partial charge in [-0.3, -0.25) is 0 Å². The summed E-state index contributed by atoms with van der Waals surface area (Å²) in [4.78, 5) is 0. The van der Waals surface area contributed by atoms with Crippen LogP contribution in [0.4, 0.5) is 0 Å². The van der Waals surface area contributed by atoms with Gasteiger partial charge in [0.2, 0.25) is 0 Å². The summed E-state index contributed by atoms with van der Waals surface area (Å²) in [5.41, 5.74) is 7.61. The Balaban J connectivity index is 1.23. The minimum absolute atomic E-state index is 1.24. The molecule has 1 heterocycles. The molecule has 0 amide bonds. The SMILES string of the molecule is c1ccc(-c2ccc3cc(-c4c5ccccc5c(-c5cccc6cc7c(cc56)sc5ccccc57)c5ccccc45)ccc3c2)cc1. The Morgan fingerprint density at radius 2 is 0.872 bits per heavy atom. The molecule has 1 aromatic heterocycles. The molecule has 10 rings (SSSR count). The molecular weight excluding hydrogens is 585 g/mol. The molecule has 0 aliphatic rings. The topological polar surface area (TPSA) is 0 Å². The van der Waals surface area contributed by atoms with E-state index in [-0.39, 0.29) is 0 Å². The van der Waals surface area contributed by atoms with Gasteiger partial charge in [0.05, 0.1) is 0 Å². The van der Waals surface area contributed by atoms with Crippen LogP contribution >= 0.6 is 11.3 Å². The van der Waals surface area contributed by atoms with E-state index in [1.807, 2.05) is 11.3 Å². The second-order valence-corrected chi connectivity index (χ2v) is 13.5. The maximum Gasteiger partial charge on any atom is 0.0362 e. The Morgan fingerprint density at radius 1 is 0.277 bits per heavy atom. The van der Waals surface area contributed by atoms with Crippen molar-refractivity contribution in [3.05, 3.63) is 170 Å². The molecule has 0 spiro atoms. The molecular formula is C46H28S. The van der Waals surface area contributed by atoms with Crippen molar-refractivity contribution in [1.29, 1.82) is 0 Å². The first-order valence-electron chi connectivity index (χ1n) is 16.2. The summed E-state index contributed by atoms with van der Waals surface area (Å²) in [6.45, 7) is 0. The van der Waals surface area contributed by atoms with Crippen LogP contribution in [0, 0.1) is 0 Å². The van der Waals surface area contributed by atoms with Crippen molar-refractivity contribution < 1.29 is 0 Å². The van der Waals surface area contributed by atoms with Gasteiger partial charge in [0, 0.05) is 20.2 Å². The molecule has 47 heavy (non-hydrogen) atoms. The number of rotatable bonds is 3. The molecule has 0 aliphatic carbocycles. The van der Waals surface area contributed by atoms with Crippen LogP contribution in [-0.2, 0) is 0 Å². The van der Waals surface area contributed by atoms with E-state index in [2.05, 4.69) is 170 Å². The molecule has 0 radical (unpaired) electrons. The predicted molar refractivity (Wildman–Crippen MR) is 206 cm³/mol. The van der Waals surface area contributed by atoms with Gasteiger partial charge in [-0.15, -0.1) is 11.3 Å². The average molecular weight is 613 g/mol. The van der Waals surface area contributed by atoms with E-state index in [9.17, 15) is 0 Å². The summed E-state index contributed by atoms with van der Waals surface area (Å²) in [6, 6.07) is 62.8. The monoisotopic (exact) mass is 612 g/mol. The van der Waals surface area contributed by atoms with Gasteiger partial charge in [-0.25, -0.2) is 0 Å². The zero-order valence-corrected chi connectivity index (χ0v) is 26.4. The van der Waals surface area contributed by atoms with E-state index in [1.54, 1.807) is 0 Å². The number of thiophene rings is 1. The number of fused-ring (bicyclic) bond motifs is 7. The molecule has 0 nitrogen and oxygen atoms in total. The van der Waals surface area contributed by atoms with Gasteiger partial charge in [0.25, 0.3) is 0 Å². The van der Waals surface area contributed by atoms with Crippen LogP contribution in [0.1, 0.15) is 0 Å². The zero-order valence-electron chi connectivity index (χ0n) is 25.6. The van der Waals surface area contributed by atoms with Crippen LogP contribution in [-0.4, -0.2) is 0 Å². The van der Waals surface area contributed by atoms with E-state index in [4.69, 9.17) is 0 Å². The summed E-state index contributed by atoms with van der Waals surface area (Å²) in [7, 11) is 0. The van der Waals surface area contributed by atoms with Crippen LogP contribution in [0.2, 0.25) is 0 Å². The van der Waals surface area contributed by atoms with Crippen LogP contribution in [0.15, 0.2) is 170 Å². The minimum atomic E-state index is 1.24. The van der Waals surface area contributed by atoms with Gasteiger partial charge in [-0.2, -0.15) is 0 Å².